The standard InChI is InChI=1S/C22H25N3O2.ClH/c1-15(16-7-3-2-4-8-16)25-14-17(13-21(25)26)22(27)24-12-6-9-18-19(23)10-5-11-20(18)24;/h2-5,7-8,10-11,15,17H,6,9,12-14,23H2,1H3;1H. The van der Waals surface area contributed by atoms with Crippen molar-refractivity contribution in [3.05, 3.63) is 59.7 Å². The van der Waals surface area contributed by atoms with Crippen LogP contribution in [0.3, 0.4) is 0 Å². The SMILES string of the molecule is CC(c1ccccc1)N1CC(C(=O)N2CCCc3c(N)cccc32)CC1=O.Cl. The topological polar surface area (TPSA) is 66.6 Å². The summed E-state index contributed by atoms with van der Waals surface area (Å²) in [6, 6.07) is 15.7. The highest BCUT2D eigenvalue weighted by atomic mass is 35.5. The smallest absolute Gasteiger partial charge is 0.232 e. The minimum Gasteiger partial charge on any atom is -0.398 e. The number of carbonyl (C=O) groups excluding carboxylic acids is 2. The molecule has 4 rings (SSSR count). The van der Waals surface area contributed by atoms with E-state index >= 15 is 0 Å². The molecule has 6 heteroatoms. The Morgan fingerprint density at radius 3 is 2.64 bits per heavy atom. The third kappa shape index (κ3) is 3.59. The Morgan fingerprint density at radius 1 is 1.14 bits per heavy atom. The van der Waals surface area contributed by atoms with Crippen LogP contribution < -0.4 is 10.6 Å². The molecule has 0 radical (unpaired) electrons. The Morgan fingerprint density at radius 2 is 1.89 bits per heavy atom. The Bertz CT molecular complexity index is 871. The van der Waals surface area contributed by atoms with Crippen molar-refractivity contribution in [2.75, 3.05) is 23.7 Å². The maximum Gasteiger partial charge on any atom is 0.232 e. The molecule has 0 spiro atoms. The highest BCUT2D eigenvalue weighted by molar-refractivity contribution is 6.00. The third-order valence-electron chi connectivity index (χ3n) is 5.81. The molecule has 28 heavy (non-hydrogen) atoms. The molecule has 0 aromatic heterocycles. The van der Waals surface area contributed by atoms with Crippen molar-refractivity contribution in [2.45, 2.75) is 32.2 Å². The number of rotatable bonds is 3. The first-order valence-electron chi connectivity index (χ1n) is 9.59. The van der Waals surface area contributed by atoms with Crippen LogP contribution in [0.4, 0.5) is 11.4 Å². The van der Waals surface area contributed by atoms with E-state index < -0.39 is 0 Å². The maximum atomic E-state index is 13.2. The van der Waals surface area contributed by atoms with E-state index in [-0.39, 0.29) is 42.6 Å². The fourth-order valence-electron chi connectivity index (χ4n) is 4.28. The number of nitrogens with zero attached hydrogens (tertiary/aromatic N) is 2. The number of nitrogens with two attached hydrogens (primary N) is 1. The van der Waals surface area contributed by atoms with Crippen molar-refractivity contribution in [3.8, 4) is 0 Å². The molecule has 2 amide bonds. The molecule has 2 atom stereocenters. The zero-order valence-electron chi connectivity index (χ0n) is 16.0. The molecular weight excluding hydrogens is 374 g/mol. The van der Waals surface area contributed by atoms with E-state index in [0.29, 0.717) is 13.1 Å². The van der Waals surface area contributed by atoms with Gasteiger partial charge in [-0.05, 0) is 43.0 Å². The number of fused-ring (bicyclic) bond motifs is 1. The third-order valence-corrected chi connectivity index (χ3v) is 5.81. The Labute approximate surface area is 171 Å². The van der Waals surface area contributed by atoms with Gasteiger partial charge in [-0.1, -0.05) is 36.4 Å². The second-order valence-electron chi connectivity index (χ2n) is 7.47. The molecular formula is C22H26ClN3O2. The molecule has 2 aliphatic rings. The molecule has 148 valence electrons. The molecule has 2 aromatic carbocycles. The summed E-state index contributed by atoms with van der Waals surface area (Å²) in [5.41, 5.74) is 9.90. The first-order chi connectivity index (χ1) is 13.1. The number of nitrogen functional groups attached to an aromatic ring is 1. The number of benzene rings is 2. The van der Waals surface area contributed by atoms with E-state index in [0.717, 1.165) is 35.3 Å². The van der Waals surface area contributed by atoms with Crippen LogP contribution in [0.5, 0.6) is 0 Å². The predicted molar refractivity (Wildman–Crippen MR) is 113 cm³/mol. The van der Waals surface area contributed by atoms with E-state index in [1.165, 1.54) is 0 Å². The van der Waals surface area contributed by atoms with Crippen LogP contribution in [-0.2, 0) is 16.0 Å². The van der Waals surface area contributed by atoms with Gasteiger partial charge in [-0.15, -0.1) is 12.4 Å². The fraction of sp³-hybridized carbons (Fsp3) is 0.364. The summed E-state index contributed by atoms with van der Waals surface area (Å²) < 4.78 is 0. The maximum absolute atomic E-state index is 13.2. The van der Waals surface area contributed by atoms with Gasteiger partial charge in [0.25, 0.3) is 0 Å². The zero-order chi connectivity index (χ0) is 19.0. The van der Waals surface area contributed by atoms with Gasteiger partial charge < -0.3 is 15.5 Å². The quantitative estimate of drug-likeness (QED) is 0.802. The molecule has 2 N–H and O–H groups in total. The lowest BCUT2D eigenvalue weighted by Gasteiger charge is -2.32. The van der Waals surface area contributed by atoms with Gasteiger partial charge in [-0.25, -0.2) is 0 Å². The molecule has 0 bridgehead atoms. The Hall–Kier alpha value is -2.53. The lowest BCUT2D eigenvalue weighted by molar-refractivity contribution is -0.130. The van der Waals surface area contributed by atoms with Crippen LogP contribution in [-0.4, -0.2) is 29.8 Å². The van der Waals surface area contributed by atoms with Crippen molar-refractivity contribution in [3.63, 3.8) is 0 Å². The summed E-state index contributed by atoms with van der Waals surface area (Å²) in [5, 5.41) is 0. The van der Waals surface area contributed by atoms with Crippen molar-refractivity contribution >= 4 is 35.6 Å². The lowest BCUT2D eigenvalue weighted by Crippen LogP contribution is -2.41. The Balaban J connectivity index is 0.00000225. The summed E-state index contributed by atoms with van der Waals surface area (Å²) in [6.07, 6.45) is 2.08. The van der Waals surface area contributed by atoms with E-state index in [4.69, 9.17) is 5.73 Å². The number of hydrogen-bond acceptors (Lipinski definition) is 3. The minimum absolute atomic E-state index is 0. The number of halogens is 1. The van der Waals surface area contributed by atoms with Gasteiger partial charge in [0, 0.05) is 30.9 Å². The molecule has 2 unspecified atom stereocenters. The average Bonchev–Trinajstić information content (AvgIpc) is 3.09. The molecule has 2 heterocycles. The first-order valence-corrected chi connectivity index (χ1v) is 9.59. The van der Waals surface area contributed by atoms with Gasteiger partial charge in [0.15, 0.2) is 0 Å². The average molecular weight is 400 g/mol. The van der Waals surface area contributed by atoms with Gasteiger partial charge in [0.1, 0.15) is 0 Å². The van der Waals surface area contributed by atoms with Gasteiger partial charge in [-0.3, -0.25) is 9.59 Å². The second kappa shape index (κ2) is 8.23. The van der Waals surface area contributed by atoms with Crippen molar-refractivity contribution in [1.29, 1.82) is 0 Å². The largest absolute Gasteiger partial charge is 0.398 e. The molecule has 5 nitrogen and oxygen atoms in total. The zero-order valence-corrected chi connectivity index (χ0v) is 16.8. The molecule has 1 saturated heterocycles. The van der Waals surface area contributed by atoms with Crippen LogP contribution in [0.15, 0.2) is 48.5 Å². The van der Waals surface area contributed by atoms with Crippen LogP contribution in [0.25, 0.3) is 0 Å². The van der Waals surface area contributed by atoms with Gasteiger partial charge in [0.05, 0.1) is 12.0 Å². The lowest BCUT2D eigenvalue weighted by atomic mass is 9.97. The summed E-state index contributed by atoms with van der Waals surface area (Å²) in [5.74, 6) is -0.205. The van der Waals surface area contributed by atoms with Gasteiger partial charge in [-0.2, -0.15) is 0 Å². The van der Waals surface area contributed by atoms with Crippen LogP contribution >= 0.6 is 12.4 Å². The van der Waals surface area contributed by atoms with Gasteiger partial charge in [0.2, 0.25) is 11.8 Å². The molecule has 0 aliphatic carbocycles. The predicted octanol–water partition coefficient (Wildman–Crippen LogP) is 3.58. The highest BCUT2D eigenvalue weighted by Crippen LogP contribution is 2.35. The highest BCUT2D eigenvalue weighted by Gasteiger charge is 2.39. The molecule has 0 saturated carbocycles. The van der Waals surface area contributed by atoms with Crippen molar-refractivity contribution < 1.29 is 9.59 Å². The fourth-order valence-corrected chi connectivity index (χ4v) is 4.28. The number of amides is 2. The van der Waals surface area contributed by atoms with Crippen LogP contribution in [0.1, 0.15) is 36.9 Å². The summed E-state index contributed by atoms with van der Waals surface area (Å²) in [4.78, 5) is 29.5. The van der Waals surface area contributed by atoms with Crippen LogP contribution in [0.2, 0.25) is 0 Å². The summed E-state index contributed by atoms with van der Waals surface area (Å²) in [6.45, 7) is 3.19. The van der Waals surface area contributed by atoms with E-state index in [9.17, 15) is 9.59 Å². The molecule has 2 aromatic rings. The monoisotopic (exact) mass is 399 g/mol. The van der Waals surface area contributed by atoms with Crippen molar-refractivity contribution in [1.82, 2.24) is 4.90 Å². The van der Waals surface area contributed by atoms with Crippen LogP contribution in [0, 0.1) is 5.92 Å². The first kappa shape index (κ1) is 20.2. The minimum atomic E-state index is -0.295. The van der Waals surface area contributed by atoms with Gasteiger partial charge >= 0.3 is 0 Å². The Kier molecular flexibility index (Phi) is 5.94. The number of hydrogen-bond donors (Lipinski definition) is 1. The molecule has 2 aliphatic heterocycles. The van der Waals surface area contributed by atoms with E-state index in [1.54, 1.807) is 0 Å². The summed E-state index contributed by atoms with van der Waals surface area (Å²) >= 11 is 0. The number of likely N-dealkylation sites (tertiary alicyclic amines) is 1. The second-order valence-corrected chi connectivity index (χ2v) is 7.47. The van der Waals surface area contributed by atoms with E-state index in [1.807, 2.05) is 65.3 Å². The molecule has 1 fully saturated rings. The number of carbonyl (C=O) groups is 2. The number of anilines is 2. The normalized spacial score (nSPS) is 19.8. The van der Waals surface area contributed by atoms with Crippen molar-refractivity contribution in [2.24, 2.45) is 5.92 Å². The van der Waals surface area contributed by atoms with E-state index in [2.05, 4.69) is 0 Å². The summed E-state index contributed by atoms with van der Waals surface area (Å²) in [7, 11) is 0.